The van der Waals surface area contributed by atoms with Crippen LogP contribution < -0.4 is 5.32 Å². The number of benzene rings is 2. The van der Waals surface area contributed by atoms with E-state index >= 15 is 0 Å². The van der Waals surface area contributed by atoms with Gasteiger partial charge in [-0.3, -0.25) is 4.79 Å². The fourth-order valence-electron chi connectivity index (χ4n) is 2.73. The van der Waals surface area contributed by atoms with Crippen molar-refractivity contribution in [1.29, 1.82) is 0 Å². The van der Waals surface area contributed by atoms with Crippen molar-refractivity contribution in [3.05, 3.63) is 53.4 Å². The first-order valence-corrected chi connectivity index (χ1v) is 7.48. The van der Waals surface area contributed by atoms with E-state index in [9.17, 15) is 13.6 Å². The van der Waals surface area contributed by atoms with Crippen LogP contribution >= 0.6 is 0 Å². The fraction of sp³-hybridized carbons (Fsp3) is 0.278. The van der Waals surface area contributed by atoms with E-state index in [4.69, 9.17) is 0 Å². The normalized spacial score (nSPS) is 17.8. The lowest BCUT2D eigenvalue weighted by atomic mass is 9.89. The molecule has 1 unspecified atom stereocenters. The molecule has 0 amide bonds. The molecule has 1 atom stereocenters. The summed E-state index contributed by atoms with van der Waals surface area (Å²) in [6.07, 6.45) is -0.410. The van der Waals surface area contributed by atoms with Crippen molar-refractivity contribution in [2.24, 2.45) is 0 Å². The SMILES string of the molecule is CCCCNC1=C(F)C(F)C(=O)c2cc3ccccc3cc21. The molecule has 1 aliphatic rings. The van der Waals surface area contributed by atoms with Crippen molar-refractivity contribution in [2.45, 2.75) is 25.9 Å². The number of alkyl halides is 1. The number of Topliss-reactive ketones (excluding diaryl/α,β-unsaturated/α-hetero) is 1. The van der Waals surface area contributed by atoms with Crippen LogP contribution in [0, 0.1) is 0 Å². The molecule has 4 heteroatoms. The Morgan fingerprint density at radius 3 is 2.41 bits per heavy atom. The smallest absolute Gasteiger partial charge is 0.216 e. The first kappa shape index (κ1) is 14.7. The van der Waals surface area contributed by atoms with Crippen LogP contribution in [0.25, 0.3) is 16.5 Å². The third-order valence-corrected chi connectivity index (χ3v) is 3.94. The molecule has 114 valence electrons. The van der Waals surface area contributed by atoms with Crippen LogP contribution in [0.2, 0.25) is 0 Å². The molecule has 0 fully saturated rings. The van der Waals surface area contributed by atoms with E-state index in [0.29, 0.717) is 12.1 Å². The number of halogens is 2. The van der Waals surface area contributed by atoms with Gasteiger partial charge in [-0.15, -0.1) is 0 Å². The number of carbonyl (C=O) groups excluding carboxylic acids is 1. The molecule has 0 radical (unpaired) electrons. The van der Waals surface area contributed by atoms with Gasteiger partial charge in [0.25, 0.3) is 0 Å². The minimum Gasteiger partial charge on any atom is -0.382 e. The number of allylic oxidation sites excluding steroid dienone is 1. The average molecular weight is 301 g/mol. The molecule has 0 bridgehead atoms. The molecule has 0 spiro atoms. The average Bonchev–Trinajstić information content (AvgIpc) is 2.55. The first-order chi connectivity index (χ1) is 10.6. The van der Waals surface area contributed by atoms with Gasteiger partial charge in [0.05, 0.1) is 5.70 Å². The Kier molecular flexibility index (Phi) is 3.92. The molecule has 2 aromatic carbocycles. The maximum absolute atomic E-state index is 14.2. The Bertz CT molecular complexity index is 767. The zero-order valence-electron chi connectivity index (χ0n) is 12.3. The highest BCUT2D eigenvalue weighted by Gasteiger charge is 2.35. The lowest BCUT2D eigenvalue weighted by Gasteiger charge is -2.23. The van der Waals surface area contributed by atoms with Crippen LogP contribution in [-0.2, 0) is 0 Å². The third kappa shape index (κ3) is 2.39. The van der Waals surface area contributed by atoms with Crippen molar-refractivity contribution in [3.8, 4) is 0 Å². The maximum atomic E-state index is 14.2. The molecule has 0 heterocycles. The van der Waals surface area contributed by atoms with E-state index in [1.54, 1.807) is 12.1 Å². The van der Waals surface area contributed by atoms with Crippen LogP contribution in [0.5, 0.6) is 0 Å². The summed E-state index contributed by atoms with van der Waals surface area (Å²) in [5.74, 6) is -1.82. The van der Waals surface area contributed by atoms with Gasteiger partial charge >= 0.3 is 0 Å². The largest absolute Gasteiger partial charge is 0.382 e. The second-order valence-electron chi connectivity index (χ2n) is 5.48. The summed E-state index contributed by atoms with van der Waals surface area (Å²) in [4.78, 5) is 12.1. The Labute approximate surface area is 127 Å². The summed E-state index contributed by atoms with van der Waals surface area (Å²) in [7, 11) is 0. The van der Waals surface area contributed by atoms with Gasteiger partial charge < -0.3 is 5.32 Å². The lowest BCUT2D eigenvalue weighted by Crippen LogP contribution is -2.29. The Hall–Kier alpha value is -2.23. The highest BCUT2D eigenvalue weighted by Crippen LogP contribution is 2.34. The molecule has 0 saturated heterocycles. The number of rotatable bonds is 4. The zero-order valence-corrected chi connectivity index (χ0v) is 12.3. The second-order valence-corrected chi connectivity index (χ2v) is 5.48. The van der Waals surface area contributed by atoms with Gasteiger partial charge in [-0.1, -0.05) is 37.6 Å². The van der Waals surface area contributed by atoms with Gasteiger partial charge in [-0.05, 0) is 29.3 Å². The quantitative estimate of drug-likeness (QED) is 0.848. The summed E-state index contributed by atoms with van der Waals surface area (Å²) in [6, 6.07) is 10.9. The predicted octanol–water partition coefficient (Wildman–Crippen LogP) is 4.40. The molecular weight excluding hydrogens is 284 g/mol. The summed E-state index contributed by atoms with van der Waals surface area (Å²) < 4.78 is 28.2. The first-order valence-electron chi connectivity index (χ1n) is 7.48. The molecule has 1 aliphatic carbocycles. The summed E-state index contributed by atoms with van der Waals surface area (Å²) >= 11 is 0. The minimum atomic E-state index is -2.21. The molecule has 0 aromatic heterocycles. The van der Waals surface area contributed by atoms with E-state index in [2.05, 4.69) is 5.32 Å². The molecule has 3 rings (SSSR count). The van der Waals surface area contributed by atoms with Crippen LogP contribution in [0.15, 0.2) is 42.2 Å². The topological polar surface area (TPSA) is 29.1 Å². The maximum Gasteiger partial charge on any atom is 0.216 e. The van der Waals surface area contributed by atoms with E-state index in [0.717, 1.165) is 23.6 Å². The Morgan fingerprint density at radius 2 is 1.77 bits per heavy atom. The molecule has 0 aliphatic heterocycles. The van der Waals surface area contributed by atoms with Gasteiger partial charge in [0, 0.05) is 17.7 Å². The monoisotopic (exact) mass is 301 g/mol. The van der Waals surface area contributed by atoms with Crippen molar-refractivity contribution >= 4 is 22.3 Å². The van der Waals surface area contributed by atoms with Crippen LogP contribution in [0.4, 0.5) is 8.78 Å². The Morgan fingerprint density at radius 1 is 1.14 bits per heavy atom. The van der Waals surface area contributed by atoms with E-state index in [1.165, 1.54) is 0 Å². The van der Waals surface area contributed by atoms with E-state index in [1.807, 2.05) is 31.2 Å². The molecule has 0 saturated carbocycles. The lowest BCUT2D eigenvalue weighted by molar-refractivity contribution is 0.0884. The Balaban J connectivity index is 2.14. The highest BCUT2D eigenvalue weighted by molar-refractivity contribution is 6.11. The van der Waals surface area contributed by atoms with E-state index in [-0.39, 0.29) is 11.3 Å². The molecule has 2 nitrogen and oxygen atoms in total. The van der Waals surface area contributed by atoms with Crippen molar-refractivity contribution in [3.63, 3.8) is 0 Å². The number of fused-ring (bicyclic) bond motifs is 2. The van der Waals surface area contributed by atoms with Crippen molar-refractivity contribution in [1.82, 2.24) is 5.32 Å². The van der Waals surface area contributed by atoms with Crippen LogP contribution in [-0.4, -0.2) is 18.5 Å². The van der Waals surface area contributed by atoms with Crippen LogP contribution in [0.1, 0.15) is 35.7 Å². The summed E-state index contributed by atoms with van der Waals surface area (Å²) in [5.41, 5.74) is 0.805. The molecule has 1 N–H and O–H groups in total. The van der Waals surface area contributed by atoms with Gasteiger partial charge in [-0.25, -0.2) is 8.78 Å². The van der Waals surface area contributed by atoms with Crippen molar-refractivity contribution in [2.75, 3.05) is 6.54 Å². The minimum absolute atomic E-state index is 0.112. The van der Waals surface area contributed by atoms with Gasteiger partial charge in [-0.2, -0.15) is 0 Å². The van der Waals surface area contributed by atoms with Gasteiger partial charge in [0.2, 0.25) is 12.0 Å². The number of hydrogen-bond acceptors (Lipinski definition) is 2. The van der Waals surface area contributed by atoms with Gasteiger partial charge in [0.15, 0.2) is 5.83 Å². The number of unbranched alkanes of at least 4 members (excludes halogenated alkanes) is 1. The molecule has 2 aromatic rings. The summed E-state index contributed by atoms with van der Waals surface area (Å²) in [6.45, 7) is 2.57. The van der Waals surface area contributed by atoms with Gasteiger partial charge in [0.1, 0.15) is 0 Å². The van der Waals surface area contributed by atoms with Crippen LogP contribution in [0.3, 0.4) is 0 Å². The van der Waals surface area contributed by atoms with Crippen molar-refractivity contribution < 1.29 is 13.6 Å². The number of hydrogen-bond donors (Lipinski definition) is 1. The number of ketones is 1. The summed E-state index contributed by atoms with van der Waals surface area (Å²) in [5, 5.41) is 4.70. The molecular formula is C18H17F2NO. The van der Waals surface area contributed by atoms with E-state index < -0.39 is 17.8 Å². The standard InChI is InChI=1S/C18H17F2NO/c1-2-3-8-21-17-13-9-11-6-4-5-7-12(11)10-14(13)18(22)16(20)15(17)19/h4-7,9-10,16,21H,2-3,8H2,1H3. The predicted molar refractivity (Wildman–Crippen MR) is 84.1 cm³/mol. The third-order valence-electron chi connectivity index (χ3n) is 3.94. The zero-order chi connectivity index (χ0) is 15.7. The second kappa shape index (κ2) is 5.87. The number of nitrogens with one attached hydrogen (secondary N) is 1. The molecule has 22 heavy (non-hydrogen) atoms. The highest BCUT2D eigenvalue weighted by atomic mass is 19.2. The number of carbonyl (C=O) groups is 1. The fourth-order valence-corrected chi connectivity index (χ4v) is 2.73.